The maximum atomic E-state index is 14.1. The van der Waals surface area contributed by atoms with E-state index in [0.29, 0.717) is 24.3 Å². The number of carbonyl (C=O) groups excluding carboxylic acids is 1. The number of rotatable bonds is 13. The van der Waals surface area contributed by atoms with Gasteiger partial charge in [-0.2, -0.15) is 0 Å². The second-order valence-corrected chi connectivity index (χ2v) is 9.43. The molecule has 3 aromatic rings. The van der Waals surface area contributed by atoms with Gasteiger partial charge in [0.15, 0.2) is 5.54 Å². The molecule has 3 N–H and O–H groups in total. The van der Waals surface area contributed by atoms with Crippen LogP contribution in [-0.2, 0) is 29.0 Å². The Kier molecular flexibility index (Phi) is 9.86. The molecule has 1 heterocycles. The molecule has 2 atom stereocenters. The highest BCUT2D eigenvalue weighted by atomic mass is 19.1. The van der Waals surface area contributed by atoms with Crippen LogP contribution in [0.5, 0.6) is 5.75 Å². The molecule has 4 rings (SSSR count). The van der Waals surface area contributed by atoms with E-state index in [0.717, 1.165) is 23.3 Å². The Morgan fingerprint density at radius 2 is 1.90 bits per heavy atom. The number of halogens is 2. The van der Waals surface area contributed by atoms with E-state index in [9.17, 15) is 13.6 Å². The number of carbonyl (C=O) groups is 1. The van der Waals surface area contributed by atoms with Crippen LogP contribution in [0.15, 0.2) is 76.8 Å². The number of nitrogens with one attached hydrogen (secondary N) is 2. The van der Waals surface area contributed by atoms with Gasteiger partial charge in [-0.15, -0.1) is 0 Å². The molecule has 0 aliphatic carbocycles. The molecule has 3 aromatic carbocycles. The quantitative estimate of drug-likeness (QED) is 0.0922. The standard InChI is InChI=1S/C29H30F2N6O4/c1-19-29(16-21-5-2-3-6-22(21)17-34-37-32,28(39)36-33-18-23-7-10-24(30)15-26(23)31)35-27(41-19)20-8-11-25(12-9-20)40-14-4-13-38/h2-3,5-12,15,19,33,38H,4,13-14,16-18H2,1H3,(H,36,39)/t19-,29-/m0/s1. The number of hydrogen-bond acceptors (Lipinski definition) is 7. The SMILES string of the molecule is C[C@@H]1OC(c2ccc(OCCCO)cc2)=N[C@]1(Cc1ccccc1CN=[N+]=[N-])C(=O)NNCc1ccc(F)cc1F. The van der Waals surface area contributed by atoms with Gasteiger partial charge in [-0.3, -0.25) is 10.2 Å². The number of amides is 1. The summed E-state index contributed by atoms with van der Waals surface area (Å²) in [5.41, 5.74) is 15.0. The summed E-state index contributed by atoms with van der Waals surface area (Å²) >= 11 is 0. The Labute approximate surface area is 235 Å². The van der Waals surface area contributed by atoms with Crippen molar-refractivity contribution in [3.63, 3.8) is 0 Å². The van der Waals surface area contributed by atoms with Gasteiger partial charge in [0, 0.05) is 48.1 Å². The Hall–Kier alpha value is -4.51. The third-order valence-electron chi connectivity index (χ3n) is 6.71. The van der Waals surface area contributed by atoms with Crippen LogP contribution in [0.4, 0.5) is 8.78 Å². The monoisotopic (exact) mass is 564 g/mol. The maximum absolute atomic E-state index is 14.1. The summed E-state index contributed by atoms with van der Waals surface area (Å²) in [6, 6.07) is 17.5. The van der Waals surface area contributed by atoms with Crippen molar-refractivity contribution in [2.24, 2.45) is 10.1 Å². The molecule has 1 amide bonds. The summed E-state index contributed by atoms with van der Waals surface area (Å²) in [6.07, 6.45) is -0.0829. The number of azide groups is 1. The molecule has 0 fully saturated rings. The normalized spacial score (nSPS) is 17.8. The number of hydrogen-bond donors (Lipinski definition) is 3. The molecular weight excluding hydrogens is 534 g/mol. The van der Waals surface area contributed by atoms with Gasteiger partial charge in [0.05, 0.1) is 13.2 Å². The van der Waals surface area contributed by atoms with Crippen molar-refractivity contribution >= 4 is 11.8 Å². The Morgan fingerprint density at radius 1 is 1.15 bits per heavy atom. The first-order chi connectivity index (χ1) is 19.9. The third-order valence-corrected chi connectivity index (χ3v) is 6.71. The molecule has 41 heavy (non-hydrogen) atoms. The Morgan fingerprint density at radius 3 is 2.61 bits per heavy atom. The molecule has 214 valence electrons. The van der Waals surface area contributed by atoms with Crippen molar-refractivity contribution in [1.29, 1.82) is 0 Å². The molecule has 0 unspecified atom stereocenters. The van der Waals surface area contributed by atoms with Crippen LogP contribution in [0.25, 0.3) is 10.4 Å². The fourth-order valence-electron chi connectivity index (χ4n) is 4.42. The van der Waals surface area contributed by atoms with E-state index in [-0.39, 0.29) is 37.6 Å². The first-order valence-corrected chi connectivity index (χ1v) is 13.0. The fourth-order valence-corrected chi connectivity index (χ4v) is 4.42. The van der Waals surface area contributed by atoms with E-state index in [1.807, 2.05) is 24.3 Å². The largest absolute Gasteiger partial charge is 0.494 e. The van der Waals surface area contributed by atoms with Crippen molar-refractivity contribution in [2.75, 3.05) is 13.2 Å². The van der Waals surface area contributed by atoms with E-state index < -0.39 is 29.2 Å². The number of ether oxygens (including phenoxy) is 2. The summed E-state index contributed by atoms with van der Waals surface area (Å²) in [5.74, 6) is -1.09. The number of nitrogens with zero attached hydrogens (tertiary/aromatic N) is 4. The Balaban J connectivity index is 1.61. The zero-order valence-electron chi connectivity index (χ0n) is 22.4. The average Bonchev–Trinajstić information content (AvgIpc) is 3.30. The summed E-state index contributed by atoms with van der Waals surface area (Å²) in [6.45, 7) is 2.14. The Bertz CT molecular complexity index is 1450. The lowest BCUT2D eigenvalue weighted by molar-refractivity contribution is -0.129. The third kappa shape index (κ3) is 7.17. The topological polar surface area (TPSA) is 141 Å². The fraction of sp³-hybridized carbons (Fsp3) is 0.310. The maximum Gasteiger partial charge on any atom is 0.266 e. The summed E-state index contributed by atoms with van der Waals surface area (Å²) in [4.78, 5) is 21.4. The molecule has 12 heteroatoms. The van der Waals surface area contributed by atoms with Crippen molar-refractivity contribution < 1.29 is 28.2 Å². The number of benzene rings is 3. The predicted molar refractivity (Wildman–Crippen MR) is 148 cm³/mol. The molecule has 0 radical (unpaired) electrons. The van der Waals surface area contributed by atoms with Crippen LogP contribution in [0.2, 0.25) is 0 Å². The second kappa shape index (κ2) is 13.7. The van der Waals surface area contributed by atoms with E-state index in [4.69, 9.17) is 25.1 Å². The highest BCUT2D eigenvalue weighted by molar-refractivity contribution is 6.00. The number of aliphatic hydroxyl groups excluding tert-OH is 1. The minimum Gasteiger partial charge on any atom is -0.494 e. The highest BCUT2D eigenvalue weighted by Crippen LogP contribution is 2.34. The average molecular weight is 565 g/mol. The van der Waals surface area contributed by atoms with Crippen LogP contribution in [0, 0.1) is 11.6 Å². The van der Waals surface area contributed by atoms with E-state index >= 15 is 0 Å². The molecular formula is C29H30F2N6O4. The molecule has 0 saturated heterocycles. The van der Waals surface area contributed by atoms with Crippen molar-refractivity contribution in [3.05, 3.63) is 111 Å². The molecule has 0 saturated carbocycles. The van der Waals surface area contributed by atoms with Crippen LogP contribution in [-0.4, -0.2) is 41.8 Å². The molecule has 0 bridgehead atoms. The van der Waals surface area contributed by atoms with Crippen molar-refractivity contribution in [2.45, 2.75) is 44.5 Å². The minimum atomic E-state index is -1.44. The van der Waals surface area contributed by atoms with Gasteiger partial charge in [0.2, 0.25) is 5.90 Å². The number of hydrazine groups is 1. The predicted octanol–water partition coefficient (Wildman–Crippen LogP) is 4.50. The summed E-state index contributed by atoms with van der Waals surface area (Å²) in [5, 5.41) is 12.6. The van der Waals surface area contributed by atoms with Gasteiger partial charge in [-0.25, -0.2) is 19.2 Å². The first kappa shape index (κ1) is 29.5. The van der Waals surface area contributed by atoms with Gasteiger partial charge in [0.25, 0.3) is 5.91 Å². The molecule has 1 aliphatic rings. The van der Waals surface area contributed by atoms with Crippen molar-refractivity contribution in [3.8, 4) is 5.75 Å². The highest BCUT2D eigenvalue weighted by Gasteiger charge is 2.50. The van der Waals surface area contributed by atoms with Gasteiger partial charge in [-0.1, -0.05) is 35.4 Å². The lowest BCUT2D eigenvalue weighted by Gasteiger charge is -2.29. The zero-order valence-corrected chi connectivity index (χ0v) is 22.4. The van der Waals surface area contributed by atoms with Gasteiger partial charge < -0.3 is 14.6 Å². The van der Waals surface area contributed by atoms with Gasteiger partial charge in [-0.05, 0) is 53.9 Å². The second-order valence-electron chi connectivity index (χ2n) is 9.43. The van der Waals surface area contributed by atoms with E-state index in [1.165, 1.54) is 6.07 Å². The summed E-state index contributed by atoms with van der Waals surface area (Å²) < 4.78 is 39.1. The van der Waals surface area contributed by atoms with Crippen LogP contribution < -0.4 is 15.6 Å². The first-order valence-electron chi connectivity index (χ1n) is 13.0. The van der Waals surface area contributed by atoms with Gasteiger partial charge >= 0.3 is 0 Å². The molecule has 0 aromatic heterocycles. The van der Waals surface area contributed by atoms with Crippen LogP contribution in [0.3, 0.4) is 0 Å². The molecule has 1 aliphatic heterocycles. The van der Waals surface area contributed by atoms with Crippen molar-refractivity contribution in [1.82, 2.24) is 10.9 Å². The summed E-state index contributed by atoms with van der Waals surface area (Å²) in [7, 11) is 0. The van der Waals surface area contributed by atoms with Crippen LogP contribution >= 0.6 is 0 Å². The minimum absolute atomic E-state index is 0.0322. The lowest BCUT2D eigenvalue weighted by Crippen LogP contribution is -2.55. The number of aliphatic imine (C=N–C) groups is 1. The lowest BCUT2D eigenvalue weighted by atomic mass is 9.84. The number of aliphatic hydroxyl groups is 1. The van der Waals surface area contributed by atoms with Crippen LogP contribution in [0.1, 0.15) is 35.6 Å². The van der Waals surface area contributed by atoms with E-state index in [2.05, 4.69) is 20.9 Å². The molecule has 0 spiro atoms. The van der Waals surface area contributed by atoms with Gasteiger partial charge in [0.1, 0.15) is 23.5 Å². The zero-order chi connectivity index (χ0) is 29.2. The molecule has 10 nitrogen and oxygen atoms in total. The smallest absolute Gasteiger partial charge is 0.266 e. The van der Waals surface area contributed by atoms with E-state index in [1.54, 1.807) is 31.2 Å².